The number of rotatable bonds is 5. The number of aryl methyl sites for hydroxylation is 1. The molecule has 1 aromatic heterocycles. The van der Waals surface area contributed by atoms with Crippen LogP contribution < -0.4 is 11.1 Å². The van der Waals surface area contributed by atoms with Gasteiger partial charge in [0, 0.05) is 24.0 Å². The molecule has 0 spiro atoms. The van der Waals surface area contributed by atoms with Crippen molar-refractivity contribution < 1.29 is 0 Å². The monoisotopic (exact) mass is 246 g/mol. The molecule has 90 valence electrons. The van der Waals surface area contributed by atoms with Gasteiger partial charge >= 0.3 is 0 Å². The molecule has 2 rings (SSSR count). The molecule has 3 N–H and O–H groups in total. The maximum Gasteiger partial charge on any atom is 0.0421 e. The normalized spacial score (nSPS) is 12.6. The van der Waals surface area contributed by atoms with Crippen LogP contribution in [-0.4, -0.2) is 6.54 Å². The molecule has 17 heavy (non-hydrogen) atoms. The van der Waals surface area contributed by atoms with Crippen molar-refractivity contribution in [2.24, 2.45) is 5.73 Å². The quantitative estimate of drug-likeness (QED) is 0.851. The van der Waals surface area contributed by atoms with Gasteiger partial charge < -0.3 is 11.1 Å². The summed E-state index contributed by atoms with van der Waals surface area (Å²) in [6, 6.07) is 12.7. The topological polar surface area (TPSA) is 38.0 Å². The lowest BCUT2D eigenvalue weighted by molar-refractivity contribution is 0.601. The first kappa shape index (κ1) is 12.3. The Morgan fingerprint density at radius 3 is 2.65 bits per heavy atom. The molecule has 1 heterocycles. The first-order chi connectivity index (χ1) is 8.25. The van der Waals surface area contributed by atoms with Crippen molar-refractivity contribution >= 4 is 11.3 Å². The van der Waals surface area contributed by atoms with Gasteiger partial charge in [0.15, 0.2) is 0 Å². The molecule has 0 aliphatic rings. The highest BCUT2D eigenvalue weighted by Gasteiger charge is 2.04. The maximum absolute atomic E-state index is 6.13. The summed E-state index contributed by atoms with van der Waals surface area (Å²) in [6.07, 6.45) is 0. The summed E-state index contributed by atoms with van der Waals surface area (Å²) in [4.78, 5) is 1.35. The SMILES string of the molecule is Cc1ccc(C(N)CNCc2cccs2)cc1. The second kappa shape index (κ2) is 5.96. The fourth-order valence-electron chi connectivity index (χ4n) is 1.70. The number of hydrogen-bond donors (Lipinski definition) is 2. The van der Waals surface area contributed by atoms with E-state index in [-0.39, 0.29) is 6.04 Å². The van der Waals surface area contributed by atoms with Crippen LogP contribution in [0.3, 0.4) is 0 Å². The summed E-state index contributed by atoms with van der Waals surface area (Å²) in [5.74, 6) is 0. The second-order valence-electron chi connectivity index (χ2n) is 4.23. The van der Waals surface area contributed by atoms with Crippen LogP contribution in [0.5, 0.6) is 0 Å². The number of benzene rings is 1. The van der Waals surface area contributed by atoms with Crippen molar-refractivity contribution in [2.45, 2.75) is 19.5 Å². The van der Waals surface area contributed by atoms with E-state index in [1.165, 1.54) is 16.0 Å². The van der Waals surface area contributed by atoms with Crippen LogP contribution in [0.15, 0.2) is 41.8 Å². The zero-order chi connectivity index (χ0) is 12.1. The molecular formula is C14H18N2S. The molecule has 0 radical (unpaired) electrons. The Bertz CT molecular complexity index is 434. The van der Waals surface area contributed by atoms with Crippen LogP contribution in [0, 0.1) is 6.92 Å². The van der Waals surface area contributed by atoms with Crippen LogP contribution in [0.4, 0.5) is 0 Å². The summed E-state index contributed by atoms with van der Waals surface area (Å²) < 4.78 is 0. The van der Waals surface area contributed by atoms with E-state index >= 15 is 0 Å². The van der Waals surface area contributed by atoms with Crippen molar-refractivity contribution in [1.82, 2.24) is 5.32 Å². The zero-order valence-electron chi connectivity index (χ0n) is 10.0. The van der Waals surface area contributed by atoms with Gasteiger partial charge in [-0.1, -0.05) is 35.9 Å². The Balaban J connectivity index is 1.81. The third-order valence-corrected chi connectivity index (χ3v) is 3.63. The molecule has 2 nitrogen and oxygen atoms in total. The van der Waals surface area contributed by atoms with Gasteiger partial charge in [-0.2, -0.15) is 0 Å². The first-order valence-electron chi connectivity index (χ1n) is 5.81. The molecule has 0 amide bonds. The van der Waals surface area contributed by atoms with E-state index < -0.39 is 0 Å². The standard InChI is InChI=1S/C14H18N2S/c1-11-4-6-12(7-5-11)14(15)10-16-9-13-3-2-8-17-13/h2-8,14,16H,9-10,15H2,1H3. The Labute approximate surface area is 106 Å². The molecule has 0 saturated carbocycles. The summed E-state index contributed by atoms with van der Waals surface area (Å²) in [6.45, 7) is 3.79. The van der Waals surface area contributed by atoms with Crippen molar-refractivity contribution in [2.75, 3.05) is 6.54 Å². The molecule has 1 unspecified atom stereocenters. The third-order valence-electron chi connectivity index (χ3n) is 2.75. The van der Waals surface area contributed by atoms with Crippen LogP contribution in [0.25, 0.3) is 0 Å². The highest BCUT2D eigenvalue weighted by atomic mass is 32.1. The minimum Gasteiger partial charge on any atom is -0.323 e. The molecule has 0 fully saturated rings. The summed E-state index contributed by atoms with van der Waals surface area (Å²) in [7, 11) is 0. The van der Waals surface area contributed by atoms with E-state index in [0.29, 0.717) is 0 Å². The highest BCUT2D eigenvalue weighted by molar-refractivity contribution is 7.09. The molecule has 0 aliphatic heterocycles. The summed E-state index contributed by atoms with van der Waals surface area (Å²) >= 11 is 1.77. The second-order valence-corrected chi connectivity index (χ2v) is 5.26. The molecule has 2 aromatic rings. The lowest BCUT2D eigenvalue weighted by Crippen LogP contribution is -2.26. The van der Waals surface area contributed by atoms with E-state index in [1.54, 1.807) is 11.3 Å². The summed E-state index contributed by atoms with van der Waals surface area (Å²) in [5.41, 5.74) is 8.59. The Morgan fingerprint density at radius 1 is 1.24 bits per heavy atom. The van der Waals surface area contributed by atoms with E-state index in [1.807, 2.05) is 0 Å². The van der Waals surface area contributed by atoms with Gasteiger partial charge in [-0.3, -0.25) is 0 Å². The van der Waals surface area contributed by atoms with E-state index in [2.05, 4.69) is 54.0 Å². The van der Waals surface area contributed by atoms with Crippen molar-refractivity contribution in [3.05, 3.63) is 57.8 Å². The van der Waals surface area contributed by atoms with Crippen LogP contribution in [0.1, 0.15) is 22.0 Å². The van der Waals surface area contributed by atoms with Gasteiger partial charge in [0.25, 0.3) is 0 Å². The number of nitrogens with two attached hydrogens (primary N) is 1. The zero-order valence-corrected chi connectivity index (χ0v) is 10.8. The minimum absolute atomic E-state index is 0.0653. The van der Waals surface area contributed by atoms with Crippen molar-refractivity contribution in [3.8, 4) is 0 Å². The molecular weight excluding hydrogens is 228 g/mol. The smallest absolute Gasteiger partial charge is 0.0421 e. The average molecular weight is 246 g/mol. The number of nitrogens with one attached hydrogen (secondary N) is 1. The third kappa shape index (κ3) is 3.66. The average Bonchev–Trinajstić information content (AvgIpc) is 2.83. The van der Waals surface area contributed by atoms with E-state index in [9.17, 15) is 0 Å². The Hall–Kier alpha value is -1.16. The maximum atomic E-state index is 6.13. The van der Waals surface area contributed by atoms with Gasteiger partial charge in [-0.15, -0.1) is 11.3 Å². The Morgan fingerprint density at radius 2 is 2.00 bits per heavy atom. The predicted octanol–water partition coefficient (Wildman–Crippen LogP) is 2.85. The molecule has 1 aromatic carbocycles. The van der Waals surface area contributed by atoms with Gasteiger partial charge in [-0.05, 0) is 23.9 Å². The summed E-state index contributed by atoms with van der Waals surface area (Å²) in [5, 5.41) is 5.48. The molecule has 1 atom stereocenters. The number of thiophene rings is 1. The van der Waals surface area contributed by atoms with Crippen molar-refractivity contribution in [1.29, 1.82) is 0 Å². The Kier molecular flexibility index (Phi) is 4.31. The highest BCUT2D eigenvalue weighted by Crippen LogP contribution is 2.11. The van der Waals surface area contributed by atoms with E-state index in [0.717, 1.165) is 13.1 Å². The fraction of sp³-hybridized carbons (Fsp3) is 0.286. The molecule has 0 bridgehead atoms. The molecule has 3 heteroatoms. The van der Waals surface area contributed by atoms with E-state index in [4.69, 9.17) is 5.73 Å². The largest absolute Gasteiger partial charge is 0.323 e. The van der Waals surface area contributed by atoms with Gasteiger partial charge in [0.1, 0.15) is 0 Å². The van der Waals surface area contributed by atoms with Gasteiger partial charge in [0.2, 0.25) is 0 Å². The van der Waals surface area contributed by atoms with Crippen LogP contribution >= 0.6 is 11.3 Å². The van der Waals surface area contributed by atoms with Crippen LogP contribution in [0.2, 0.25) is 0 Å². The lowest BCUT2D eigenvalue weighted by atomic mass is 10.1. The lowest BCUT2D eigenvalue weighted by Gasteiger charge is -2.13. The van der Waals surface area contributed by atoms with Gasteiger partial charge in [-0.25, -0.2) is 0 Å². The predicted molar refractivity (Wildman–Crippen MR) is 74.1 cm³/mol. The first-order valence-corrected chi connectivity index (χ1v) is 6.69. The van der Waals surface area contributed by atoms with Crippen LogP contribution in [-0.2, 0) is 6.54 Å². The van der Waals surface area contributed by atoms with Gasteiger partial charge in [0.05, 0.1) is 0 Å². The van der Waals surface area contributed by atoms with Crippen molar-refractivity contribution in [3.63, 3.8) is 0 Å². The fourth-order valence-corrected chi connectivity index (χ4v) is 2.37. The number of hydrogen-bond acceptors (Lipinski definition) is 3. The minimum atomic E-state index is 0.0653. The molecule has 0 aliphatic carbocycles. The molecule has 0 saturated heterocycles.